The van der Waals surface area contributed by atoms with Crippen LogP contribution in [0.5, 0.6) is 5.75 Å². The van der Waals surface area contributed by atoms with Crippen molar-refractivity contribution in [2.45, 2.75) is 53.1 Å². The summed E-state index contributed by atoms with van der Waals surface area (Å²) in [6.07, 6.45) is -0.580. The summed E-state index contributed by atoms with van der Waals surface area (Å²) in [5, 5.41) is 17.1. The molecule has 0 aliphatic carbocycles. The van der Waals surface area contributed by atoms with Crippen LogP contribution in [0.3, 0.4) is 0 Å². The molecule has 0 radical (unpaired) electrons. The van der Waals surface area contributed by atoms with Crippen LogP contribution >= 0.6 is 0 Å². The predicted octanol–water partition coefficient (Wildman–Crippen LogP) is 3.80. The number of hydrogen-bond donors (Lipinski definition) is 3. The van der Waals surface area contributed by atoms with E-state index in [1.807, 2.05) is 64.1 Å². The summed E-state index contributed by atoms with van der Waals surface area (Å²) in [5.74, 6) is 1.42. The van der Waals surface area contributed by atoms with Crippen molar-refractivity contribution >= 4 is 5.96 Å². The Balaban J connectivity index is 2.00. The predicted molar refractivity (Wildman–Crippen MR) is 122 cm³/mol. The lowest BCUT2D eigenvalue weighted by Gasteiger charge is -2.17. The Morgan fingerprint density at radius 2 is 1.80 bits per heavy atom. The Labute approximate surface area is 180 Å². The van der Waals surface area contributed by atoms with Gasteiger partial charge in [-0.1, -0.05) is 36.4 Å². The van der Waals surface area contributed by atoms with Gasteiger partial charge in [-0.3, -0.25) is 0 Å². The molecule has 3 N–H and O–H groups in total. The van der Waals surface area contributed by atoms with Crippen LogP contribution in [0, 0.1) is 0 Å². The lowest BCUT2D eigenvalue weighted by atomic mass is 10.1. The molecule has 0 bridgehead atoms. The van der Waals surface area contributed by atoms with E-state index < -0.39 is 6.10 Å². The summed E-state index contributed by atoms with van der Waals surface area (Å²) in [4.78, 5) is 4.68. The van der Waals surface area contributed by atoms with Crippen LogP contribution in [0.15, 0.2) is 53.5 Å². The highest BCUT2D eigenvalue weighted by Crippen LogP contribution is 2.20. The molecule has 30 heavy (non-hydrogen) atoms. The van der Waals surface area contributed by atoms with E-state index in [9.17, 15) is 5.11 Å². The van der Waals surface area contributed by atoms with Crippen LogP contribution < -0.4 is 15.4 Å². The third-order valence-electron chi connectivity index (χ3n) is 4.41. The fourth-order valence-corrected chi connectivity index (χ4v) is 2.95. The second-order valence-electron chi connectivity index (χ2n) is 7.24. The van der Waals surface area contributed by atoms with Gasteiger partial charge in [-0.2, -0.15) is 0 Å². The Hall–Kier alpha value is -2.57. The smallest absolute Gasteiger partial charge is 0.191 e. The van der Waals surface area contributed by atoms with Gasteiger partial charge in [-0.15, -0.1) is 0 Å². The topological polar surface area (TPSA) is 75.1 Å². The molecule has 0 saturated carbocycles. The molecule has 2 rings (SSSR count). The van der Waals surface area contributed by atoms with E-state index in [-0.39, 0.29) is 6.10 Å². The second kappa shape index (κ2) is 12.9. The number of aliphatic imine (C=N–C) groups is 1. The first-order valence-electron chi connectivity index (χ1n) is 10.6. The molecular formula is C24H35N3O3. The third-order valence-corrected chi connectivity index (χ3v) is 4.41. The highest BCUT2D eigenvalue weighted by atomic mass is 16.5. The number of nitrogens with one attached hydrogen (secondary N) is 2. The summed E-state index contributed by atoms with van der Waals surface area (Å²) < 4.78 is 11.3. The van der Waals surface area contributed by atoms with E-state index in [2.05, 4.69) is 27.8 Å². The van der Waals surface area contributed by atoms with Crippen molar-refractivity contribution < 1.29 is 14.6 Å². The van der Waals surface area contributed by atoms with Crippen molar-refractivity contribution in [3.05, 3.63) is 65.2 Å². The molecule has 0 heterocycles. The second-order valence-corrected chi connectivity index (χ2v) is 7.24. The maximum atomic E-state index is 10.6. The summed E-state index contributed by atoms with van der Waals surface area (Å²) in [6, 6.07) is 15.7. The van der Waals surface area contributed by atoms with Crippen molar-refractivity contribution in [3.63, 3.8) is 0 Å². The van der Waals surface area contributed by atoms with E-state index in [0.717, 1.165) is 29.0 Å². The van der Waals surface area contributed by atoms with Gasteiger partial charge in [0.05, 0.1) is 25.4 Å². The van der Waals surface area contributed by atoms with E-state index in [1.54, 1.807) is 0 Å². The molecule has 0 aliphatic rings. The van der Waals surface area contributed by atoms with Gasteiger partial charge in [0, 0.05) is 19.7 Å². The normalized spacial score (nSPS) is 12.7. The maximum Gasteiger partial charge on any atom is 0.191 e. The number of ether oxygens (including phenoxy) is 2. The quantitative estimate of drug-likeness (QED) is 0.386. The lowest BCUT2D eigenvalue weighted by Crippen LogP contribution is -2.39. The standard InChI is InChI=1S/C24H35N3O3/c1-5-25-24(26-15-20-10-7-8-11-21(20)17-29-6-2)27-16-23(28)19-12-9-13-22(14-19)30-18(3)4/h7-14,18,23,28H,5-6,15-17H2,1-4H3,(H2,25,26,27). The van der Waals surface area contributed by atoms with Gasteiger partial charge in [-0.05, 0) is 56.5 Å². The first-order valence-corrected chi connectivity index (χ1v) is 10.6. The minimum absolute atomic E-state index is 0.0913. The van der Waals surface area contributed by atoms with Gasteiger partial charge in [0.15, 0.2) is 5.96 Å². The molecular weight excluding hydrogens is 378 g/mol. The molecule has 0 spiro atoms. The van der Waals surface area contributed by atoms with Gasteiger partial charge in [0.1, 0.15) is 5.75 Å². The molecule has 6 heteroatoms. The number of benzene rings is 2. The van der Waals surface area contributed by atoms with E-state index in [1.165, 1.54) is 0 Å². The van der Waals surface area contributed by atoms with Crippen molar-refractivity contribution in [1.82, 2.24) is 10.6 Å². The Morgan fingerprint density at radius 1 is 1.03 bits per heavy atom. The first kappa shape index (κ1) is 23.7. The molecule has 0 saturated heterocycles. The Bertz CT molecular complexity index is 793. The highest BCUT2D eigenvalue weighted by Gasteiger charge is 2.10. The van der Waals surface area contributed by atoms with Crippen LogP contribution in [0.2, 0.25) is 0 Å². The lowest BCUT2D eigenvalue weighted by molar-refractivity contribution is 0.133. The molecule has 2 aromatic rings. The largest absolute Gasteiger partial charge is 0.491 e. The summed E-state index contributed by atoms with van der Waals surface area (Å²) in [5.41, 5.74) is 3.07. The Kier molecular flexibility index (Phi) is 10.2. The molecule has 2 aromatic carbocycles. The highest BCUT2D eigenvalue weighted by molar-refractivity contribution is 5.79. The number of aliphatic hydroxyl groups excluding tert-OH is 1. The van der Waals surface area contributed by atoms with Crippen LogP contribution in [0.25, 0.3) is 0 Å². The molecule has 0 amide bonds. The minimum Gasteiger partial charge on any atom is -0.491 e. The van der Waals surface area contributed by atoms with Gasteiger partial charge in [0.25, 0.3) is 0 Å². The van der Waals surface area contributed by atoms with E-state index in [0.29, 0.717) is 32.3 Å². The van der Waals surface area contributed by atoms with Gasteiger partial charge < -0.3 is 25.2 Å². The van der Waals surface area contributed by atoms with Crippen LogP contribution in [-0.2, 0) is 17.9 Å². The van der Waals surface area contributed by atoms with Crippen LogP contribution in [-0.4, -0.2) is 36.9 Å². The van der Waals surface area contributed by atoms with Crippen molar-refractivity contribution in [3.8, 4) is 5.75 Å². The van der Waals surface area contributed by atoms with Crippen LogP contribution in [0.1, 0.15) is 50.5 Å². The molecule has 0 aliphatic heterocycles. The molecule has 1 unspecified atom stereocenters. The summed E-state index contributed by atoms with van der Waals surface area (Å²) in [7, 11) is 0. The van der Waals surface area contributed by atoms with E-state index in [4.69, 9.17) is 9.47 Å². The fourth-order valence-electron chi connectivity index (χ4n) is 2.95. The molecule has 164 valence electrons. The average molecular weight is 414 g/mol. The zero-order valence-corrected chi connectivity index (χ0v) is 18.5. The van der Waals surface area contributed by atoms with Crippen LogP contribution in [0.4, 0.5) is 0 Å². The molecule has 0 fully saturated rings. The third kappa shape index (κ3) is 8.05. The number of guanidine groups is 1. The number of hydrogen-bond acceptors (Lipinski definition) is 4. The number of rotatable bonds is 11. The zero-order valence-electron chi connectivity index (χ0n) is 18.5. The maximum absolute atomic E-state index is 10.6. The van der Waals surface area contributed by atoms with Crippen molar-refractivity contribution in [1.29, 1.82) is 0 Å². The zero-order chi connectivity index (χ0) is 21.8. The fraction of sp³-hybridized carbons (Fsp3) is 0.458. The van der Waals surface area contributed by atoms with Gasteiger partial charge in [-0.25, -0.2) is 4.99 Å². The summed E-state index contributed by atoms with van der Waals surface area (Å²) in [6.45, 7) is 10.9. The van der Waals surface area contributed by atoms with Crippen molar-refractivity contribution in [2.24, 2.45) is 4.99 Å². The summed E-state index contributed by atoms with van der Waals surface area (Å²) >= 11 is 0. The number of nitrogens with zero attached hydrogens (tertiary/aromatic N) is 1. The number of aliphatic hydroxyl groups is 1. The van der Waals surface area contributed by atoms with Gasteiger partial charge >= 0.3 is 0 Å². The molecule has 1 atom stereocenters. The van der Waals surface area contributed by atoms with E-state index >= 15 is 0 Å². The average Bonchev–Trinajstić information content (AvgIpc) is 2.74. The minimum atomic E-state index is -0.671. The van der Waals surface area contributed by atoms with Gasteiger partial charge in [0.2, 0.25) is 0 Å². The first-order chi connectivity index (χ1) is 14.5. The molecule has 6 nitrogen and oxygen atoms in total. The molecule has 0 aromatic heterocycles. The SMILES string of the molecule is CCNC(=NCc1ccccc1COCC)NCC(O)c1cccc(OC(C)C)c1. The monoisotopic (exact) mass is 413 g/mol. The Morgan fingerprint density at radius 3 is 2.50 bits per heavy atom. The van der Waals surface area contributed by atoms with Crippen molar-refractivity contribution in [2.75, 3.05) is 19.7 Å².